The van der Waals surface area contributed by atoms with Crippen molar-refractivity contribution in [3.63, 3.8) is 0 Å². The Labute approximate surface area is 221 Å². The Morgan fingerprint density at radius 3 is 1.24 bits per heavy atom. The van der Waals surface area contributed by atoms with Crippen LogP contribution in [0.3, 0.4) is 0 Å². The zero-order valence-electron chi connectivity index (χ0n) is 19.3. The number of alkyl halides is 2. The summed E-state index contributed by atoms with van der Waals surface area (Å²) < 4.78 is 17.1. The topological polar surface area (TPSA) is 27.7 Å². The van der Waals surface area contributed by atoms with E-state index in [1.54, 1.807) is 21.3 Å². The van der Waals surface area contributed by atoms with Gasteiger partial charge in [0.25, 0.3) is 0 Å². The Hall–Kier alpha value is -2.33. The molecular formula is C28H27Br2O3P. The molecular weight excluding hydrogens is 575 g/mol. The molecule has 0 N–H and O–H groups in total. The molecule has 1 unspecified atom stereocenters. The molecule has 34 heavy (non-hydrogen) atoms. The van der Waals surface area contributed by atoms with Crippen molar-refractivity contribution in [2.45, 2.75) is 3.23 Å². The summed E-state index contributed by atoms with van der Waals surface area (Å²) in [5.41, 5.74) is 5.82. The van der Waals surface area contributed by atoms with Crippen molar-refractivity contribution in [1.29, 1.82) is 0 Å². The van der Waals surface area contributed by atoms with E-state index in [9.17, 15) is 0 Å². The first kappa shape index (κ1) is 26.3. The van der Waals surface area contributed by atoms with Gasteiger partial charge < -0.3 is 14.2 Å². The minimum Gasteiger partial charge on any atom is -0.492 e. The number of ether oxygens (including phenoxy) is 3. The van der Waals surface area contributed by atoms with Gasteiger partial charge in [0.05, 0.1) is 21.3 Å². The molecule has 6 heteroatoms. The summed E-state index contributed by atoms with van der Waals surface area (Å²) in [6.07, 6.45) is 0. The Balaban J connectivity index is 0.00000324. The highest BCUT2D eigenvalue weighted by molar-refractivity contribution is 9.25. The highest BCUT2D eigenvalue weighted by atomic mass is 79.9. The zero-order chi connectivity index (χ0) is 23.4. The Bertz CT molecular complexity index is 1160. The SMILES string of the molecule is COc1c(OC)c(-c2ccccc2)c(C(Br)(Br)c2ccccc2)c(-c2ccccc2)c1OC.P. The normalized spacial score (nSPS) is 10.9. The Morgan fingerprint density at radius 1 is 0.529 bits per heavy atom. The van der Waals surface area contributed by atoms with Crippen LogP contribution in [0, 0.1) is 0 Å². The van der Waals surface area contributed by atoms with Crippen LogP contribution in [0.15, 0.2) is 91.0 Å². The van der Waals surface area contributed by atoms with Crippen LogP contribution in [0.25, 0.3) is 22.3 Å². The molecule has 0 saturated carbocycles. The highest BCUT2D eigenvalue weighted by Crippen LogP contribution is 2.60. The first-order valence-corrected chi connectivity index (χ1v) is 12.0. The van der Waals surface area contributed by atoms with Crippen LogP contribution in [0.1, 0.15) is 11.1 Å². The van der Waals surface area contributed by atoms with E-state index in [0.29, 0.717) is 17.2 Å². The maximum absolute atomic E-state index is 5.98. The van der Waals surface area contributed by atoms with Gasteiger partial charge in [0.2, 0.25) is 5.75 Å². The molecule has 0 heterocycles. The van der Waals surface area contributed by atoms with Crippen LogP contribution in [0.4, 0.5) is 0 Å². The van der Waals surface area contributed by atoms with Gasteiger partial charge in [-0.15, -0.1) is 0 Å². The fourth-order valence-corrected chi connectivity index (χ4v) is 5.45. The lowest BCUT2D eigenvalue weighted by Gasteiger charge is -2.31. The fourth-order valence-electron chi connectivity index (χ4n) is 4.12. The Kier molecular flexibility index (Phi) is 8.81. The fraction of sp³-hybridized carbons (Fsp3) is 0.143. The van der Waals surface area contributed by atoms with Crippen LogP contribution in [-0.2, 0) is 3.23 Å². The van der Waals surface area contributed by atoms with Gasteiger partial charge in [-0.2, -0.15) is 9.90 Å². The molecule has 0 aliphatic rings. The van der Waals surface area contributed by atoms with Crippen LogP contribution in [0.2, 0.25) is 0 Å². The molecule has 3 nitrogen and oxygen atoms in total. The lowest BCUT2D eigenvalue weighted by atomic mass is 9.86. The van der Waals surface area contributed by atoms with Gasteiger partial charge in [-0.1, -0.05) is 123 Å². The maximum Gasteiger partial charge on any atom is 0.204 e. The van der Waals surface area contributed by atoms with Crippen LogP contribution < -0.4 is 14.2 Å². The Morgan fingerprint density at radius 2 is 0.882 bits per heavy atom. The summed E-state index contributed by atoms with van der Waals surface area (Å²) in [6.45, 7) is 0. The number of rotatable bonds is 7. The smallest absolute Gasteiger partial charge is 0.204 e. The van der Waals surface area contributed by atoms with E-state index in [4.69, 9.17) is 14.2 Å². The van der Waals surface area contributed by atoms with Crippen molar-refractivity contribution < 1.29 is 14.2 Å². The van der Waals surface area contributed by atoms with Crippen molar-refractivity contribution in [2.75, 3.05) is 21.3 Å². The molecule has 1 atom stereocenters. The predicted octanol–water partition coefficient (Wildman–Crippen LogP) is 8.10. The van der Waals surface area contributed by atoms with Gasteiger partial charge in [-0.05, 0) is 16.7 Å². The second-order valence-electron chi connectivity index (χ2n) is 7.40. The van der Waals surface area contributed by atoms with Gasteiger partial charge >= 0.3 is 0 Å². The largest absolute Gasteiger partial charge is 0.492 e. The molecule has 0 radical (unpaired) electrons. The molecule has 4 aromatic rings. The summed E-state index contributed by atoms with van der Waals surface area (Å²) in [4.78, 5) is 0. The van der Waals surface area contributed by atoms with E-state index in [1.165, 1.54) is 0 Å². The third-order valence-corrected chi connectivity index (χ3v) is 7.26. The van der Waals surface area contributed by atoms with Crippen molar-refractivity contribution in [1.82, 2.24) is 0 Å². The molecule has 0 aromatic heterocycles. The quantitative estimate of drug-likeness (QED) is 0.158. The third-order valence-electron chi connectivity index (χ3n) is 5.55. The minimum absolute atomic E-state index is 0. The first-order chi connectivity index (χ1) is 16.0. The van der Waals surface area contributed by atoms with E-state index in [2.05, 4.69) is 68.3 Å². The molecule has 4 rings (SSSR count). The number of hydrogen-bond donors (Lipinski definition) is 0. The standard InChI is InChI=1S/C28H24Br2O3.H3P/c1-31-25-22(19-13-7-4-8-14-19)24(28(29,30)21-17-11-6-12-18-21)23(20-15-9-5-10-16-20)26(32-2)27(25)33-3;/h4-18H,1-3H3;1H3. The molecule has 0 amide bonds. The van der Waals surface area contributed by atoms with Crippen molar-refractivity contribution in [3.05, 3.63) is 102 Å². The summed E-state index contributed by atoms with van der Waals surface area (Å²) in [7, 11) is 4.95. The maximum atomic E-state index is 5.98. The summed E-state index contributed by atoms with van der Waals surface area (Å²) >= 11 is 8.07. The van der Waals surface area contributed by atoms with E-state index >= 15 is 0 Å². The third kappa shape index (κ3) is 4.75. The summed E-state index contributed by atoms with van der Waals surface area (Å²) in [5, 5.41) is 0. The van der Waals surface area contributed by atoms with Gasteiger partial charge in [0, 0.05) is 16.7 Å². The molecule has 0 aliphatic heterocycles. The van der Waals surface area contributed by atoms with Crippen LogP contribution >= 0.6 is 41.8 Å². The van der Waals surface area contributed by atoms with E-state index in [-0.39, 0.29) is 9.90 Å². The highest BCUT2D eigenvalue weighted by Gasteiger charge is 2.39. The molecule has 176 valence electrons. The lowest BCUT2D eigenvalue weighted by Crippen LogP contribution is -2.16. The molecule has 4 aromatic carbocycles. The second kappa shape index (κ2) is 11.4. The zero-order valence-corrected chi connectivity index (χ0v) is 23.9. The van der Waals surface area contributed by atoms with Gasteiger partial charge in [0.1, 0.15) is 3.23 Å². The number of halogens is 2. The summed E-state index contributed by atoms with van der Waals surface area (Å²) in [6, 6.07) is 30.6. The van der Waals surface area contributed by atoms with Gasteiger partial charge in [0.15, 0.2) is 11.5 Å². The molecule has 0 saturated heterocycles. The van der Waals surface area contributed by atoms with Crippen LogP contribution in [-0.4, -0.2) is 21.3 Å². The number of hydrogen-bond acceptors (Lipinski definition) is 3. The molecule has 0 bridgehead atoms. The average molecular weight is 602 g/mol. The molecule has 0 spiro atoms. The monoisotopic (exact) mass is 600 g/mol. The van der Waals surface area contributed by atoms with Gasteiger partial charge in [-0.3, -0.25) is 0 Å². The first-order valence-electron chi connectivity index (χ1n) is 10.4. The van der Waals surface area contributed by atoms with E-state index in [0.717, 1.165) is 33.4 Å². The number of benzene rings is 4. The summed E-state index contributed by atoms with van der Waals surface area (Å²) in [5.74, 6) is 1.76. The molecule has 0 fully saturated rings. The lowest BCUT2D eigenvalue weighted by molar-refractivity contribution is 0.325. The second-order valence-corrected chi connectivity index (χ2v) is 10.8. The van der Waals surface area contributed by atoms with Gasteiger partial charge in [-0.25, -0.2) is 0 Å². The van der Waals surface area contributed by atoms with Crippen molar-refractivity contribution in [2.24, 2.45) is 0 Å². The number of methoxy groups -OCH3 is 3. The molecule has 0 aliphatic carbocycles. The van der Waals surface area contributed by atoms with E-state index in [1.807, 2.05) is 54.6 Å². The van der Waals surface area contributed by atoms with Crippen molar-refractivity contribution in [3.8, 4) is 39.5 Å². The average Bonchev–Trinajstić information content (AvgIpc) is 2.88. The predicted molar refractivity (Wildman–Crippen MR) is 153 cm³/mol. The van der Waals surface area contributed by atoms with Crippen LogP contribution in [0.5, 0.6) is 17.2 Å². The van der Waals surface area contributed by atoms with Crippen molar-refractivity contribution >= 4 is 41.8 Å². The minimum atomic E-state index is -0.746. The van der Waals surface area contributed by atoms with E-state index < -0.39 is 3.23 Å².